The number of hydrogen-bond donors (Lipinski definition) is 1. The summed E-state index contributed by atoms with van der Waals surface area (Å²) in [7, 11) is 0. The highest BCUT2D eigenvalue weighted by molar-refractivity contribution is 6.26. The Kier molecular flexibility index (Phi) is 3.00. The zero-order chi connectivity index (χ0) is 18.0. The van der Waals surface area contributed by atoms with Crippen LogP contribution in [0.1, 0.15) is 16.7 Å². The highest BCUT2D eigenvalue weighted by atomic mass is 14.5. The Morgan fingerprint density at radius 3 is 1.81 bits per heavy atom. The molecule has 1 aliphatic carbocycles. The summed E-state index contributed by atoms with van der Waals surface area (Å²) in [5, 5.41) is 8.01. The fraction of sp³-hybridized carbons (Fsp3) is 0.0769. The Labute approximate surface area is 158 Å². The van der Waals surface area contributed by atoms with Gasteiger partial charge >= 0.3 is 0 Å². The lowest BCUT2D eigenvalue weighted by Crippen LogP contribution is -1.99. The number of rotatable bonds is 1. The molecule has 0 fully saturated rings. The normalized spacial score (nSPS) is 12.6. The molecule has 5 aromatic rings. The predicted molar refractivity (Wildman–Crippen MR) is 115 cm³/mol. The van der Waals surface area contributed by atoms with Crippen molar-refractivity contribution in [2.24, 2.45) is 5.73 Å². The highest BCUT2D eigenvalue weighted by Gasteiger charge is 2.22. The van der Waals surface area contributed by atoms with Gasteiger partial charge in [-0.25, -0.2) is 0 Å². The SMILES string of the molecule is NCc1cccc2c1-c1cc3c4ccccc4c4ccccc4c3cc1C2. The van der Waals surface area contributed by atoms with E-state index in [-0.39, 0.29) is 0 Å². The topological polar surface area (TPSA) is 26.0 Å². The van der Waals surface area contributed by atoms with Crippen LogP contribution in [0.4, 0.5) is 0 Å². The summed E-state index contributed by atoms with van der Waals surface area (Å²) in [5.41, 5.74) is 12.8. The molecule has 1 aliphatic rings. The minimum atomic E-state index is 0.582. The van der Waals surface area contributed by atoms with Gasteiger partial charge < -0.3 is 5.73 Å². The average Bonchev–Trinajstić information content (AvgIpc) is 3.10. The molecular weight excluding hydrogens is 326 g/mol. The van der Waals surface area contributed by atoms with E-state index in [9.17, 15) is 0 Å². The van der Waals surface area contributed by atoms with E-state index in [0.717, 1.165) is 6.42 Å². The number of fused-ring (bicyclic) bond motifs is 9. The predicted octanol–water partition coefficient (Wildman–Crippen LogP) is 6.18. The summed E-state index contributed by atoms with van der Waals surface area (Å²) >= 11 is 0. The van der Waals surface area contributed by atoms with Gasteiger partial charge in [-0.2, -0.15) is 0 Å². The quantitative estimate of drug-likeness (QED) is 0.354. The van der Waals surface area contributed by atoms with E-state index in [4.69, 9.17) is 5.73 Å². The van der Waals surface area contributed by atoms with E-state index in [1.165, 1.54) is 60.1 Å². The lowest BCUT2D eigenvalue weighted by atomic mass is 9.90. The van der Waals surface area contributed by atoms with Gasteiger partial charge in [0.1, 0.15) is 0 Å². The molecule has 0 unspecified atom stereocenters. The summed E-state index contributed by atoms with van der Waals surface area (Å²) in [6, 6.07) is 28.9. The van der Waals surface area contributed by atoms with Gasteiger partial charge in [0.2, 0.25) is 0 Å². The van der Waals surface area contributed by atoms with E-state index in [1.807, 2.05) is 0 Å². The van der Waals surface area contributed by atoms with Crippen molar-refractivity contribution in [2.45, 2.75) is 13.0 Å². The van der Waals surface area contributed by atoms with Gasteiger partial charge in [-0.05, 0) is 78.7 Å². The van der Waals surface area contributed by atoms with Crippen LogP contribution in [0.25, 0.3) is 43.4 Å². The van der Waals surface area contributed by atoms with Gasteiger partial charge in [0.15, 0.2) is 0 Å². The van der Waals surface area contributed by atoms with Crippen molar-refractivity contribution >= 4 is 32.3 Å². The largest absolute Gasteiger partial charge is 0.326 e. The molecule has 0 heterocycles. The van der Waals surface area contributed by atoms with Crippen LogP contribution < -0.4 is 5.73 Å². The molecule has 6 rings (SSSR count). The highest BCUT2D eigenvalue weighted by Crippen LogP contribution is 2.44. The van der Waals surface area contributed by atoms with Crippen LogP contribution in [0.5, 0.6) is 0 Å². The summed E-state index contributed by atoms with van der Waals surface area (Å²) in [6.07, 6.45) is 0.996. The van der Waals surface area contributed by atoms with E-state index in [2.05, 4.69) is 78.9 Å². The van der Waals surface area contributed by atoms with Crippen LogP contribution in [0.15, 0.2) is 78.9 Å². The standard InChI is InChI=1S/C26H19N/c27-15-17-7-5-6-16-12-18-13-24-21-10-3-1-8-19(21)20-9-2-4-11-22(20)25(24)14-23(18)26(16)17/h1-11,13-14H,12,15,27H2. The van der Waals surface area contributed by atoms with Crippen molar-refractivity contribution in [1.82, 2.24) is 0 Å². The minimum Gasteiger partial charge on any atom is -0.326 e. The molecule has 0 spiro atoms. The first-order valence-corrected chi connectivity index (χ1v) is 9.52. The molecule has 0 aromatic heterocycles. The molecule has 1 nitrogen and oxygen atoms in total. The lowest BCUT2D eigenvalue weighted by molar-refractivity contribution is 1.07. The molecule has 5 aromatic carbocycles. The van der Waals surface area contributed by atoms with Gasteiger partial charge in [-0.3, -0.25) is 0 Å². The van der Waals surface area contributed by atoms with E-state index < -0.39 is 0 Å². The maximum absolute atomic E-state index is 6.06. The molecule has 0 radical (unpaired) electrons. The van der Waals surface area contributed by atoms with Crippen molar-refractivity contribution in [3.63, 3.8) is 0 Å². The Morgan fingerprint density at radius 1 is 0.593 bits per heavy atom. The van der Waals surface area contributed by atoms with Crippen LogP contribution in [-0.2, 0) is 13.0 Å². The fourth-order valence-electron chi connectivity index (χ4n) is 4.90. The number of hydrogen-bond acceptors (Lipinski definition) is 1. The minimum absolute atomic E-state index is 0.582. The van der Waals surface area contributed by atoms with Crippen LogP contribution in [-0.4, -0.2) is 0 Å². The third-order valence-electron chi connectivity index (χ3n) is 6.08. The van der Waals surface area contributed by atoms with Gasteiger partial charge in [-0.1, -0.05) is 66.7 Å². The van der Waals surface area contributed by atoms with Gasteiger partial charge in [0.05, 0.1) is 0 Å². The molecule has 1 heteroatoms. The third kappa shape index (κ3) is 1.98. The number of benzene rings is 5. The van der Waals surface area contributed by atoms with E-state index in [0.29, 0.717) is 6.54 Å². The second-order valence-corrected chi connectivity index (χ2v) is 7.48. The molecule has 0 atom stereocenters. The first kappa shape index (κ1) is 15.0. The smallest absolute Gasteiger partial charge is 0.0184 e. The second kappa shape index (κ2) is 5.42. The molecule has 128 valence electrons. The molecule has 0 bridgehead atoms. The Balaban J connectivity index is 1.82. The van der Waals surface area contributed by atoms with Gasteiger partial charge in [-0.15, -0.1) is 0 Å². The van der Waals surface area contributed by atoms with E-state index >= 15 is 0 Å². The third-order valence-corrected chi connectivity index (χ3v) is 6.08. The van der Waals surface area contributed by atoms with Crippen LogP contribution in [0, 0.1) is 0 Å². The van der Waals surface area contributed by atoms with Gasteiger partial charge in [0.25, 0.3) is 0 Å². The molecule has 27 heavy (non-hydrogen) atoms. The second-order valence-electron chi connectivity index (χ2n) is 7.48. The molecule has 0 saturated heterocycles. The van der Waals surface area contributed by atoms with Crippen LogP contribution in [0.3, 0.4) is 0 Å². The zero-order valence-corrected chi connectivity index (χ0v) is 15.0. The fourth-order valence-corrected chi connectivity index (χ4v) is 4.90. The maximum atomic E-state index is 6.06. The van der Waals surface area contributed by atoms with Crippen molar-refractivity contribution in [3.05, 3.63) is 95.6 Å². The molecule has 0 aliphatic heterocycles. The zero-order valence-electron chi connectivity index (χ0n) is 15.0. The van der Waals surface area contributed by atoms with Crippen molar-refractivity contribution in [1.29, 1.82) is 0 Å². The molecule has 0 amide bonds. The average molecular weight is 345 g/mol. The van der Waals surface area contributed by atoms with Crippen molar-refractivity contribution in [3.8, 4) is 11.1 Å². The Bertz CT molecular complexity index is 1380. The monoisotopic (exact) mass is 345 g/mol. The summed E-state index contributed by atoms with van der Waals surface area (Å²) in [5.74, 6) is 0. The van der Waals surface area contributed by atoms with Crippen molar-refractivity contribution in [2.75, 3.05) is 0 Å². The van der Waals surface area contributed by atoms with Gasteiger partial charge in [0, 0.05) is 6.54 Å². The molecule has 2 N–H and O–H groups in total. The van der Waals surface area contributed by atoms with Crippen LogP contribution in [0.2, 0.25) is 0 Å². The maximum Gasteiger partial charge on any atom is 0.0184 e. The summed E-state index contributed by atoms with van der Waals surface area (Å²) in [4.78, 5) is 0. The molecular formula is C26H19N. The lowest BCUT2D eigenvalue weighted by Gasteiger charge is -2.13. The first-order valence-electron chi connectivity index (χ1n) is 9.52. The number of nitrogens with two attached hydrogens (primary N) is 1. The molecule has 0 saturated carbocycles. The summed E-state index contributed by atoms with van der Waals surface area (Å²) in [6.45, 7) is 0.582. The van der Waals surface area contributed by atoms with E-state index in [1.54, 1.807) is 0 Å². The summed E-state index contributed by atoms with van der Waals surface area (Å²) < 4.78 is 0. The Hall–Kier alpha value is -3.16. The van der Waals surface area contributed by atoms with Crippen LogP contribution >= 0.6 is 0 Å². The first-order chi connectivity index (χ1) is 13.3. The van der Waals surface area contributed by atoms with Crippen molar-refractivity contribution < 1.29 is 0 Å². The Morgan fingerprint density at radius 2 is 1.19 bits per heavy atom.